The van der Waals surface area contributed by atoms with Crippen LogP contribution in [0.25, 0.3) is 0 Å². The summed E-state index contributed by atoms with van der Waals surface area (Å²) >= 11 is 0. The number of esters is 1. The smallest absolute Gasteiger partial charge is 0.311 e. The van der Waals surface area contributed by atoms with Crippen molar-refractivity contribution in [1.82, 2.24) is 10.6 Å². The Morgan fingerprint density at radius 2 is 1.81 bits per heavy atom. The minimum absolute atomic E-state index is 0.00286. The Balaban J connectivity index is 1.53. The fraction of sp³-hybridized carbons (Fsp3) is 0.800. The summed E-state index contributed by atoms with van der Waals surface area (Å²) in [4.78, 5) is 35.4. The van der Waals surface area contributed by atoms with Gasteiger partial charge in [0, 0.05) is 12.0 Å². The van der Waals surface area contributed by atoms with Crippen LogP contribution in [-0.4, -0.2) is 37.5 Å². The number of amides is 2. The van der Waals surface area contributed by atoms with Crippen molar-refractivity contribution in [2.45, 2.75) is 38.1 Å². The third-order valence-electron chi connectivity index (χ3n) is 5.09. The molecule has 2 N–H and O–H groups in total. The Morgan fingerprint density at radius 1 is 1.10 bits per heavy atom. The van der Waals surface area contributed by atoms with E-state index in [-0.39, 0.29) is 42.2 Å². The van der Waals surface area contributed by atoms with Crippen LogP contribution in [0.15, 0.2) is 0 Å². The lowest BCUT2D eigenvalue weighted by Gasteiger charge is -2.29. The number of carbonyl (C=O) groups is 3. The van der Waals surface area contributed by atoms with Gasteiger partial charge in [-0.05, 0) is 43.9 Å². The van der Waals surface area contributed by atoms with Gasteiger partial charge in [-0.25, -0.2) is 0 Å². The summed E-state index contributed by atoms with van der Waals surface area (Å²) in [5.41, 5.74) is 0. The maximum Gasteiger partial charge on any atom is 0.311 e. The lowest BCUT2D eigenvalue weighted by atomic mass is 9.84. The van der Waals surface area contributed by atoms with E-state index in [9.17, 15) is 14.4 Å². The molecule has 0 aliphatic heterocycles. The highest BCUT2D eigenvalue weighted by atomic mass is 16.5. The van der Waals surface area contributed by atoms with Gasteiger partial charge in [-0.2, -0.15) is 0 Å². The van der Waals surface area contributed by atoms with Gasteiger partial charge in [0.25, 0.3) is 0 Å². The molecule has 116 valence electrons. The van der Waals surface area contributed by atoms with E-state index in [0.29, 0.717) is 11.8 Å². The van der Waals surface area contributed by atoms with E-state index in [2.05, 4.69) is 10.6 Å². The molecule has 3 saturated carbocycles. The number of carbonyl (C=O) groups excluding carboxylic acids is 3. The van der Waals surface area contributed by atoms with Crippen molar-refractivity contribution in [2.24, 2.45) is 23.7 Å². The SMILES string of the molecule is COC(=O)C1C2CCC(C2)C1NC(=O)CNC(=O)C1CC1. The van der Waals surface area contributed by atoms with Gasteiger partial charge in [0.1, 0.15) is 0 Å². The minimum atomic E-state index is -0.227. The van der Waals surface area contributed by atoms with Crippen molar-refractivity contribution in [3.05, 3.63) is 0 Å². The van der Waals surface area contributed by atoms with E-state index in [0.717, 1.165) is 32.1 Å². The zero-order valence-corrected chi connectivity index (χ0v) is 12.3. The first-order valence-corrected chi connectivity index (χ1v) is 7.75. The van der Waals surface area contributed by atoms with E-state index in [1.54, 1.807) is 0 Å². The number of fused-ring (bicyclic) bond motifs is 2. The summed E-state index contributed by atoms with van der Waals surface area (Å²) in [5.74, 6) is 0.0866. The highest BCUT2D eigenvalue weighted by molar-refractivity contribution is 5.87. The molecule has 0 saturated heterocycles. The fourth-order valence-electron chi connectivity index (χ4n) is 3.87. The standard InChI is InChI=1S/C15H22N2O4/c1-21-15(20)12-9-4-5-10(6-9)13(12)17-11(18)7-16-14(19)8-2-3-8/h8-10,12-13H,2-7H2,1H3,(H,16,19)(H,17,18). The monoisotopic (exact) mass is 294 g/mol. The van der Waals surface area contributed by atoms with Gasteiger partial charge < -0.3 is 15.4 Å². The van der Waals surface area contributed by atoms with Gasteiger partial charge in [-0.3, -0.25) is 14.4 Å². The third-order valence-corrected chi connectivity index (χ3v) is 5.09. The summed E-state index contributed by atoms with van der Waals surface area (Å²) in [7, 11) is 1.39. The van der Waals surface area contributed by atoms with Gasteiger partial charge in [0.2, 0.25) is 11.8 Å². The molecule has 2 bridgehead atoms. The molecule has 21 heavy (non-hydrogen) atoms. The molecule has 0 radical (unpaired) electrons. The van der Waals surface area contributed by atoms with Gasteiger partial charge in [0.15, 0.2) is 0 Å². The summed E-state index contributed by atoms with van der Waals surface area (Å²) in [5, 5.41) is 5.59. The van der Waals surface area contributed by atoms with Crippen LogP contribution in [0.5, 0.6) is 0 Å². The maximum atomic E-state index is 12.0. The second-order valence-corrected chi connectivity index (χ2v) is 6.47. The van der Waals surface area contributed by atoms with Gasteiger partial charge in [-0.1, -0.05) is 0 Å². The molecule has 0 spiro atoms. The number of hydrogen-bond donors (Lipinski definition) is 2. The van der Waals surface area contributed by atoms with Crippen LogP contribution in [0.3, 0.4) is 0 Å². The molecule has 6 nitrogen and oxygen atoms in total. The second kappa shape index (κ2) is 5.66. The Bertz CT molecular complexity index is 461. The number of rotatable bonds is 5. The number of hydrogen-bond acceptors (Lipinski definition) is 4. The van der Waals surface area contributed by atoms with E-state index in [1.165, 1.54) is 7.11 Å². The lowest BCUT2D eigenvalue weighted by molar-refractivity contribution is -0.148. The molecule has 0 aromatic rings. The summed E-state index contributed by atoms with van der Waals surface area (Å²) in [6.45, 7) is -0.00286. The highest BCUT2D eigenvalue weighted by Crippen LogP contribution is 2.48. The lowest BCUT2D eigenvalue weighted by Crippen LogP contribution is -2.50. The average Bonchev–Trinajstić information content (AvgIpc) is 3.15. The van der Waals surface area contributed by atoms with Crippen molar-refractivity contribution >= 4 is 17.8 Å². The number of ether oxygens (including phenoxy) is 1. The summed E-state index contributed by atoms with van der Waals surface area (Å²) in [6.07, 6.45) is 4.92. The Hall–Kier alpha value is -1.59. The van der Waals surface area contributed by atoms with Crippen LogP contribution in [0.4, 0.5) is 0 Å². The van der Waals surface area contributed by atoms with Gasteiger partial charge in [-0.15, -0.1) is 0 Å². The van der Waals surface area contributed by atoms with E-state index in [4.69, 9.17) is 4.74 Å². The predicted molar refractivity (Wildman–Crippen MR) is 74.0 cm³/mol. The molecule has 4 unspecified atom stereocenters. The first-order chi connectivity index (χ1) is 10.1. The maximum absolute atomic E-state index is 12.0. The van der Waals surface area contributed by atoms with Gasteiger partial charge >= 0.3 is 5.97 Å². The van der Waals surface area contributed by atoms with Crippen molar-refractivity contribution in [1.29, 1.82) is 0 Å². The van der Waals surface area contributed by atoms with Crippen LogP contribution in [-0.2, 0) is 19.1 Å². The molecule has 0 aromatic heterocycles. The normalized spacial score (nSPS) is 33.6. The fourth-order valence-corrected chi connectivity index (χ4v) is 3.87. The highest BCUT2D eigenvalue weighted by Gasteiger charge is 2.51. The molecule has 4 atom stereocenters. The summed E-state index contributed by atoms with van der Waals surface area (Å²) < 4.78 is 4.88. The second-order valence-electron chi connectivity index (χ2n) is 6.47. The molecular weight excluding hydrogens is 272 g/mol. The molecule has 3 aliphatic rings. The van der Waals surface area contributed by atoms with Crippen LogP contribution in [0, 0.1) is 23.7 Å². The van der Waals surface area contributed by atoms with E-state index < -0.39 is 0 Å². The Morgan fingerprint density at radius 3 is 2.48 bits per heavy atom. The van der Waals surface area contributed by atoms with Crippen LogP contribution in [0.2, 0.25) is 0 Å². The first-order valence-electron chi connectivity index (χ1n) is 7.75. The van der Waals surface area contributed by atoms with E-state index >= 15 is 0 Å². The van der Waals surface area contributed by atoms with Crippen LogP contribution < -0.4 is 10.6 Å². The molecule has 0 aromatic carbocycles. The minimum Gasteiger partial charge on any atom is -0.469 e. The molecule has 3 rings (SSSR count). The van der Waals surface area contributed by atoms with E-state index in [1.807, 2.05) is 0 Å². The predicted octanol–water partition coefficient (Wildman–Crippen LogP) is 0.217. The molecule has 3 aliphatic carbocycles. The van der Waals surface area contributed by atoms with Crippen molar-refractivity contribution in [3.63, 3.8) is 0 Å². The largest absolute Gasteiger partial charge is 0.469 e. The third kappa shape index (κ3) is 2.89. The van der Waals surface area contributed by atoms with Crippen molar-refractivity contribution in [3.8, 4) is 0 Å². The van der Waals surface area contributed by atoms with Gasteiger partial charge in [0.05, 0.1) is 19.6 Å². The zero-order valence-electron chi connectivity index (χ0n) is 12.3. The van der Waals surface area contributed by atoms with Crippen molar-refractivity contribution in [2.75, 3.05) is 13.7 Å². The zero-order chi connectivity index (χ0) is 15.0. The quantitative estimate of drug-likeness (QED) is 0.710. The average molecular weight is 294 g/mol. The van der Waals surface area contributed by atoms with Crippen LogP contribution in [0.1, 0.15) is 32.1 Å². The van der Waals surface area contributed by atoms with Crippen LogP contribution >= 0.6 is 0 Å². The Labute approximate surface area is 124 Å². The Kier molecular flexibility index (Phi) is 3.87. The summed E-state index contributed by atoms with van der Waals surface area (Å²) in [6, 6.07) is -0.137. The topological polar surface area (TPSA) is 84.5 Å². The molecular formula is C15H22N2O4. The molecule has 6 heteroatoms. The number of methoxy groups -OCH3 is 1. The molecule has 0 heterocycles. The molecule has 3 fully saturated rings. The number of nitrogens with one attached hydrogen (secondary N) is 2. The first kappa shape index (κ1) is 14.4. The molecule has 2 amide bonds. The van der Waals surface area contributed by atoms with Crippen molar-refractivity contribution < 1.29 is 19.1 Å².